The van der Waals surface area contributed by atoms with Gasteiger partial charge in [0, 0.05) is 22.0 Å². The molecule has 3 aromatic carbocycles. The lowest BCUT2D eigenvalue weighted by atomic mass is 10.1. The molecule has 0 spiro atoms. The predicted molar refractivity (Wildman–Crippen MR) is 195 cm³/mol. The molecule has 6 rings (SSSR count). The number of aliphatic imine (C=N–C) groups is 1. The van der Waals surface area contributed by atoms with E-state index in [0.29, 0.717) is 23.6 Å². The number of nitrogens with zero attached hydrogens (tertiary/aromatic N) is 6. The SMILES string of the molecule is O=C(O)C(CNC(=O)C(=O)Nc1ccc(-n2cnc(O)c2O)cc1)=NC(=O)c1ccc(Nc2nc(NC3(c4ccc(Cl)cc4)CC3)nc(OCC(F)(F)F)n2)cc1. The van der Waals surface area contributed by atoms with Crippen molar-refractivity contribution in [2.24, 2.45) is 4.99 Å². The minimum Gasteiger partial charge on any atom is -0.490 e. The van der Waals surface area contributed by atoms with Crippen molar-refractivity contribution in [1.82, 2.24) is 29.8 Å². The van der Waals surface area contributed by atoms with Gasteiger partial charge in [-0.3, -0.25) is 19.0 Å². The summed E-state index contributed by atoms with van der Waals surface area (Å²) in [5, 5.41) is 39.7. The van der Waals surface area contributed by atoms with Crippen LogP contribution in [0.1, 0.15) is 28.8 Å². The van der Waals surface area contributed by atoms with Gasteiger partial charge in [0.25, 0.3) is 17.7 Å². The first-order valence-corrected chi connectivity index (χ1v) is 16.8. The molecule has 7 N–H and O–H groups in total. The Morgan fingerprint density at radius 3 is 2.12 bits per heavy atom. The molecule has 2 aromatic heterocycles. The van der Waals surface area contributed by atoms with Crippen LogP contribution >= 0.6 is 11.6 Å². The molecule has 5 aromatic rings. The number of rotatable bonds is 13. The number of aliphatic carboxylic acids is 1. The van der Waals surface area contributed by atoms with Gasteiger partial charge >= 0.3 is 30.0 Å². The van der Waals surface area contributed by atoms with E-state index in [9.17, 15) is 47.7 Å². The summed E-state index contributed by atoms with van der Waals surface area (Å²) < 4.78 is 44.8. The summed E-state index contributed by atoms with van der Waals surface area (Å²) in [5.74, 6) is -6.45. The van der Waals surface area contributed by atoms with Gasteiger partial charge in [-0.2, -0.15) is 33.1 Å². The van der Waals surface area contributed by atoms with Crippen LogP contribution in [0, 0.1) is 0 Å². The summed E-state index contributed by atoms with van der Waals surface area (Å²) in [6, 6.07) is 17.3. The quantitative estimate of drug-likeness (QED) is 0.0646. The number of aromatic nitrogens is 5. The van der Waals surface area contributed by atoms with Crippen molar-refractivity contribution in [3.05, 3.63) is 95.3 Å². The third-order valence-corrected chi connectivity index (χ3v) is 8.35. The van der Waals surface area contributed by atoms with Crippen LogP contribution in [0.15, 0.2) is 84.1 Å². The Labute approximate surface area is 323 Å². The maximum atomic E-state index is 12.9. The van der Waals surface area contributed by atoms with E-state index in [1.165, 1.54) is 48.5 Å². The number of carbonyl (C=O) groups excluding carboxylic acids is 3. The van der Waals surface area contributed by atoms with E-state index in [1.807, 2.05) is 0 Å². The lowest BCUT2D eigenvalue weighted by Gasteiger charge is -2.19. The molecule has 0 saturated heterocycles. The number of hydrogen-bond acceptors (Lipinski definition) is 13. The third-order valence-electron chi connectivity index (χ3n) is 8.10. The zero-order valence-electron chi connectivity index (χ0n) is 28.9. The Hall–Kier alpha value is -7.29. The van der Waals surface area contributed by atoms with Gasteiger partial charge in [-0.15, -0.1) is 0 Å². The molecule has 0 atom stereocenters. The topological polar surface area (TPSA) is 255 Å². The number of carboxylic acids is 1. The van der Waals surface area contributed by atoms with Crippen LogP contribution in [-0.4, -0.2) is 88.6 Å². The minimum absolute atomic E-state index is 0.0752. The predicted octanol–water partition coefficient (Wildman–Crippen LogP) is 4.33. The summed E-state index contributed by atoms with van der Waals surface area (Å²) in [5.41, 5.74) is 0.182. The molecule has 1 fully saturated rings. The van der Waals surface area contributed by atoms with Crippen LogP contribution in [0.5, 0.6) is 17.8 Å². The zero-order chi connectivity index (χ0) is 40.9. The lowest BCUT2D eigenvalue weighted by Crippen LogP contribution is -2.40. The fourth-order valence-corrected chi connectivity index (χ4v) is 5.23. The molecule has 1 saturated carbocycles. The van der Waals surface area contributed by atoms with Crippen LogP contribution in [-0.2, 0) is 19.9 Å². The average Bonchev–Trinajstić information content (AvgIpc) is 3.88. The highest BCUT2D eigenvalue weighted by atomic mass is 35.5. The van der Waals surface area contributed by atoms with Crippen molar-refractivity contribution in [2.45, 2.75) is 24.6 Å². The third kappa shape index (κ3) is 10.1. The largest absolute Gasteiger partial charge is 0.490 e. The number of alkyl halides is 3. The normalized spacial score (nSPS) is 13.3. The highest BCUT2D eigenvalue weighted by molar-refractivity contribution is 6.42. The molecule has 22 heteroatoms. The molecule has 0 bridgehead atoms. The van der Waals surface area contributed by atoms with Gasteiger partial charge in [-0.05, 0) is 79.1 Å². The van der Waals surface area contributed by atoms with Crippen LogP contribution in [0.25, 0.3) is 5.69 Å². The Morgan fingerprint density at radius 1 is 0.877 bits per heavy atom. The summed E-state index contributed by atoms with van der Waals surface area (Å²) in [6.07, 6.45) is -2.16. The maximum absolute atomic E-state index is 12.9. The van der Waals surface area contributed by atoms with Gasteiger partial charge in [-0.1, -0.05) is 23.7 Å². The number of benzene rings is 3. The number of anilines is 4. The van der Waals surface area contributed by atoms with E-state index in [2.05, 4.69) is 46.2 Å². The van der Waals surface area contributed by atoms with Crippen molar-refractivity contribution in [3.8, 4) is 23.5 Å². The summed E-state index contributed by atoms with van der Waals surface area (Å²) in [6.45, 7) is -2.46. The van der Waals surface area contributed by atoms with Gasteiger partial charge < -0.3 is 41.3 Å². The fourth-order valence-electron chi connectivity index (χ4n) is 5.11. The molecule has 57 heavy (non-hydrogen) atoms. The molecule has 294 valence electrons. The number of amides is 3. The molecule has 0 unspecified atom stereocenters. The van der Waals surface area contributed by atoms with Crippen LogP contribution in [0.2, 0.25) is 5.02 Å². The molecule has 18 nitrogen and oxygen atoms in total. The standard InChI is InChI=1S/C35H28ClF3N10O8/c36-20-5-3-19(4-6-20)34(13-14-34)48-32-45-31(46-33(47-32)57-16-35(37,38)39)43-22-7-1-18(2-8-22)25(50)44-24(30(55)56)15-40-26(51)27(52)42-21-9-11-23(12-10-21)49-17-41-28(53)29(49)54/h1-12,17,53-54H,13-16H2,(H,40,51)(H,42,52)(H,55,56)(H2,43,45,46,47,48). The number of halogens is 4. The van der Waals surface area contributed by atoms with Gasteiger partial charge in [0.2, 0.25) is 11.9 Å². The minimum atomic E-state index is -4.67. The lowest BCUT2D eigenvalue weighted by molar-refractivity contribution is -0.154. The first-order valence-electron chi connectivity index (χ1n) is 16.4. The number of aromatic hydroxyl groups is 2. The summed E-state index contributed by atoms with van der Waals surface area (Å²) in [4.78, 5) is 68.8. The molecular formula is C35H28ClF3N10O8. The zero-order valence-corrected chi connectivity index (χ0v) is 29.7. The second-order valence-corrected chi connectivity index (χ2v) is 12.6. The number of nitrogens with one attached hydrogen (secondary N) is 4. The number of carboxylic acid groups (broad SMARTS) is 1. The van der Waals surface area contributed by atoms with Crippen molar-refractivity contribution in [2.75, 3.05) is 29.1 Å². The molecule has 1 aliphatic rings. The van der Waals surface area contributed by atoms with Crippen LogP contribution in [0.4, 0.5) is 36.4 Å². The monoisotopic (exact) mass is 808 g/mol. The van der Waals surface area contributed by atoms with E-state index < -0.39 is 72.0 Å². The van der Waals surface area contributed by atoms with Crippen molar-refractivity contribution >= 4 is 64.3 Å². The van der Waals surface area contributed by atoms with E-state index >= 15 is 0 Å². The fraction of sp³-hybridized carbons (Fsp3) is 0.171. The van der Waals surface area contributed by atoms with Crippen molar-refractivity contribution in [3.63, 3.8) is 0 Å². The molecule has 0 radical (unpaired) electrons. The first-order chi connectivity index (χ1) is 27.1. The van der Waals surface area contributed by atoms with Crippen molar-refractivity contribution < 1.29 is 52.4 Å². The maximum Gasteiger partial charge on any atom is 0.422 e. The molecule has 0 aliphatic heterocycles. The van der Waals surface area contributed by atoms with Crippen molar-refractivity contribution in [1.29, 1.82) is 0 Å². The number of ether oxygens (including phenoxy) is 1. The Morgan fingerprint density at radius 2 is 1.53 bits per heavy atom. The first kappa shape index (κ1) is 39.4. The number of hydrogen-bond donors (Lipinski definition) is 7. The van der Waals surface area contributed by atoms with E-state index in [1.54, 1.807) is 24.3 Å². The van der Waals surface area contributed by atoms with Gasteiger partial charge in [0.05, 0.1) is 17.8 Å². The molecule has 2 heterocycles. The highest BCUT2D eigenvalue weighted by Crippen LogP contribution is 2.48. The average molecular weight is 809 g/mol. The van der Waals surface area contributed by atoms with Crippen LogP contribution in [0.3, 0.4) is 0 Å². The Balaban J connectivity index is 1.08. The van der Waals surface area contributed by atoms with E-state index in [4.69, 9.17) is 16.3 Å². The summed E-state index contributed by atoms with van der Waals surface area (Å²) in [7, 11) is 0. The second-order valence-electron chi connectivity index (χ2n) is 12.2. The second kappa shape index (κ2) is 16.2. The van der Waals surface area contributed by atoms with E-state index in [-0.39, 0.29) is 28.8 Å². The Bertz CT molecular complexity index is 2350. The number of imidazole rings is 1. The van der Waals surface area contributed by atoms with Gasteiger partial charge in [-0.25, -0.2) is 9.79 Å². The summed E-state index contributed by atoms with van der Waals surface area (Å²) >= 11 is 6.01. The molecule has 1 aliphatic carbocycles. The molecule has 3 amide bonds. The Kier molecular flexibility index (Phi) is 11.2. The van der Waals surface area contributed by atoms with Crippen LogP contribution < -0.4 is 26.0 Å². The smallest absolute Gasteiger partial charge is 0.422 e. The molecular weight excluding hydrogens is 781 g/mol. The van der Waals surface area contributed by atoms with Gasteiger partial charge in [0.15, 0.2) is 6.61 Å². The number of carbonyl (C=O) groups is 4. The van der Waals surface area contributed by atoms with E-state index in [0.717, 1.165) is 16.5 Å². The highest BCUT2D eigenvalue weighted by Gasteiger charge is 2.45. The van der Waals surface area contributed by atoms with Gasteiger partial charge in [0.1, 0.15) is 12.0 Å².